The number of nitrogens with one attached hydrogen (secondary N) is 1. The van der Waals surface area contributed by atoms with Crippen LogP contribution >= 0.6 is 0 Å². The van der Waals surface area contributed by atoms with Gasteiger partial charge in [-0.15, -0.1) is 0 Å². The van der Waals surface area contributed by atoms with Crippen LogP contribution in [0.25, 0.3) is 0 Å². The SMILES string of the molecule is CCCNC(=O)Cn1nc(C(=O)N2c3ccccc3C[C@@H]2C)ccc1=O. The van der Waals surface area contributed by atoms with Crippen molar-refractivity contribution in [1.82, 2.24) is 15.1 Å². The molecule has 7 nitrogen and oxygen atoms in total. The number of amides is 2. The van der Waals surface area contributed by atoms with Gasteiger partial charge in [-0.05, 0) is 37.5 Å². The first kappa shape index (κ1) is 17.8. The van der Waals surface area contributed by atoms with Crippen LogP contribution < -0.4 is 15.8 Å². The van der Waals surface area contributed by atoms with Crippen LogP contribution in [-0.2, 0) is 17.8 Å². The van der Waals surface area contributed by atoms with Gasteiger partial charge < -0.3 is 10.2 Å². The number of hydrogen-bond donors (Lipinski definition) is 1. The first-order valence-electron chi connectivity index (χ1n) is 8.77. The third-order valence-corrected chi connectivity index (χ3v) is 4.38. The van der Waals surface area contributed by atoms with Gasteiger partial charge in [0.1, 0.15) is 12.2 Å². The summed E-state index contributed by atoms with van der Waals surface area (Å²) in [6, 6.07) is 10.5. The molecule has 1 aromatic carbocycles. The molecule has 26 heavy (non-hydrogen) atoms. The van der Waals surface area contributed by atoms with E-state index in [1.54, 1.807) is 4.90 Å². The van der Waals surface area contributed by atoms with Gasteiger partial charge in [-0.2, -0.15) is 5.10 Å². The van der Waals surface area contributed by atoms with Gasteiger partial charge >= 0.3 is 0 Å². The summed E-state index contributed by atoms with van der Waals surface area (Å²) in [6.45, 7) is 4.26. The fraction of sp³-hybridized carbons (Fsp3) is 0.368. The number of rotatable bonds is 5. The Hall–Kier alpha value is -2.96. The first-order valence-corrected chi connectivity index (χ1v) is 8.77. The molecule has 1 aliphatic rings. The van der Waals surface area contributed by atoms with Crippen LogP contribution in [-0.4, -0.2) is 34.2 Å². The molecule has 0 aliphatic carbocycles. The lowest BCUT2D eigenvalue weighted by molar-refractivity contribution is -0.121. The minimum absolute atomic E-state index is 0.00920. The monoisotopic (exact) mass is 354 g/mol. The molecule has 2 aromatic rings. The van der Waals surface area contributed by atoms with Crippen molar-refractivity contribution >= 4 is 17.5 Å². The van der Waals surface area contributed by atoms with E-state index in [1.165, 1.54) is 12.1 Å². The summed E-state index contributed by atoms with van der Waals surface area (Å²) in [5, 5.41) is 6.82. The molecule has 1 atom stereocenters. The quantitative estimate of drug-likeness (QED) is 0.879. The Balaban J connectivity index is 1.86. The third kappa shape index (κ3) is 3.51. The molecular formula is C19H22N4O3. The normalized spacial score (nSPS) is 15.6. The van der Waals surface area contributed by atoms with E-state index in [2.05, 4.69) is 10.4 Å². The minimum Gasteiger partial charge on any atom is -0.355 e. The zero-order chi connectivity index (χ0) is 18.7. The second-order valence-corrected chi connectivity index (χ2v) is 6.42. The van der Waals surface area contributed by atoms with Gasteiger partial charge in [-0.3, -0.25) is 14.4 Å². The maximum absolute atomic E-state index is 13.0. The molecule has 0 unspecified atom stereocenters. The smallest absolute Gasteiger partial charge is 0.278 e. The van der Waals surface area contributed by atoms with Crippen molar-refractivity contribution < 1.29 is 9.59 Å². The molecule has 136 valence electrons. The molecule has 0 saturated heterocycles. The summed E-state index contributed by atoms with van der Waals surface area (Å²) in [5.41, 5.74) is 1.71. The first-order chi connectivity index (χ1) is 12.5. The minimum atomic E-state index is -0.414. The molecule has 0 radical (unpaired) electrons. The predicted molar refractivity (Wildman–Crippen MR) is 98.2 cm³/mol. The lowest BCUT2D eigenvalue weighted by Gasteiger charge is -2.22. The second-order valence-electron chi connectivity index (χ2n) is 6.42. The maximum atomic E-state index is 13.0. The Labute approximate surface area is 151 Å². The molecule has 7 heteroatoms. The van der Waals surface area contributed by atoms with Crippen molar-refractivity contribution in [3.05, 3.63) is 58.0 Å². The molecular weight excluding hydrogens is 332 g/mol. The van der Waals surface area contributed by atoms with Crippen molar-refractivity contribution in [3.63, 3.8) is 0 Å². The van der Waals surface area contributed by atoms with E-state index in [-0.39, 0.29) is 30.1 Å². The lowest BCUT2D eigenvalue weighted by Crippen LogP contribution is -2.39. The highest BCUT2D eigenvalue weighted by Crippen LogP contribution is 2.32. The standard InChI is InChI=1S/C19H22N4O3/c1-3-10-20-17(24)12-22-18(25)9-8-15(21-22)19(26)23-13(2)11-14-6-4-5-7-16(14)23/h4-9,13H,3,10-12H2,1-2H3,(H,20,24)/t13-/m0/s1. The van der Waals surface area contributed by atoms with Crippen LogP contribution in [0.4, 0.5) is 5.69 Å². The van der Waals surface area contributed by atoms with Crippen LogP contribution in [0.3, 0.4) is 0 Å². The summed E-state index contributed by atoms with van der Waals surface area (Å²) in [6.07, 6.45) is 1.58. The van der Waals surface area contributed by atoms with Gasteiger partial charge in [0.05, 0.1) is 0 Å². The van der Waals surface area contributed by atoms with Crippen LogP contribution in [0.2, 0.25) is 0 Å². The number of para-hydroxylation sites is 1. The molecule has 0 spiro atoms. The van der Waals surface area contributed by atoms with Crippen LogP contribution in [0.1, 0.15) is 36.3 Å². The van der Waals surface area contributed by atoms with E-state index < -0.39 is 5.56 Å². The number of carbonyl (C=O) groups is 2. The van der Waals surface area contributed by atoms with E-state index in [0.717, 1.165) is 28.8 Å². The number of carbonyl (C=O) groups excluding carboxylic acids is 2. The molecule has 1 N–H and O–H groups in total. The summed E-state index contributed by atoms with van der Waals surface area (Å²) in [7, 11) is 0. The van der Waals surface area contributed by atoms with E-state index in [0.29, 0.717) is 6.54 Å². The molecule has 2 heterocycles. The topological polar surface area (TPSA) is 84.3 Å². The average molecular weight is 354 g/mol. The number of anilines is 1. The van der Waals surface area contributed by atoms with Gasteiger partial charge in [0.2, 0.25) is 5.91 Å². The fourth-order valence-electron chi connectivity index (χ4n) is 3.13. The molecule has 1 aromatic heterocycles. The Morgan fingerprint density at radius 1 is 1.23 bits per heavy atom. The fourth-order valence-corrected chi connectivity index (χ4v) is 3.13. The van der Waals surface area contributed by atoms with Crippen molar-refractivity contribution in [2.45, 2.75) is 39.3 Å². The zero-order valence-electron chi connectivity index (χ0n) is 14.9. The van der Waals surface area contributed by atoms with Crippen LogP contribution in [0, 0.1) is 0 Å². The average Bonchev–Trinajstić information content (AvgIpc) is 2.97. The lowest BCUT2D eigenvalue weighted by atomic mass is 10.1. The van der Waals surface area contributed by atoms with Crippen LogP contribution in [0.15, 0.2) is 41.2 Å². The summed E-state index contributed by atoms with van der Waals surface area (Å²) >= 11 is 0. The van der Waals surface area contributed by atoms with E-state index in [9.17, 15) is 14.4 Å². The maximum Gasteiger partial charge on any atom is 0.278 e. The molecule has 0 saturated carbocycles. The van der Waals surface area contributed by atoms with Gasteiger partial charge in [0.15, 0.2) is 0 Å². The Morgan fingerprint density at radius 2 is 2.00 bits per heavy atom. The Bertz CT molecular complexity index is 890. The van der Waals surface area contributed by atoms with Crippen molar-refractivity contribution in [1.29, 1.82) is 0 Å². The van der Waals surface area contributed by atoms with Gasteiger partial charge in [-0.1, -0.05) is 25.1 Å². The molecule has 3 rings (SSSR count). The van der Waals surface area contributed by atoms with Gasteiger partial charge in [0, 0.05) is 24.3 Å². The summed E-state index contributed by atoms with van der Waals surface area (Å²) in [4.78, 5) is 38.5. The number of aromatic nitrogens is 2. The Morgan fingerprint density at radius 3 is 2.77 bits per heavy atom. The number of fused-ring (bicyclic) bond motifs is 1. The summed E-state index contributed by atoms with van der Waals surface area (Å²) < 4.78 is 1.03. The van der Waals surface area contributed by atoms with Crippen LogP contribution in [0.5, 0.6) is 0 Å². The van der Waals surface area contributed by atoms with E-state index in [4.69, 9.17) is 0 Å². The highest BCUT2D eigenvalue weighted by Gasteiger charge is 2.32. The molecule has 0 fully saturated rings. The Kier molecular flexibility index (Phi) is 5.16. The summed E-state index contributed by atoms with van der Waals surface area (Å²) in [5.74, 6) is -0.573. The number of benzene rings is 1. The van der Waals surface area contributed by atoms with Gasteiger partial charge in [0.25, 0.3) is 11.5 Å². The third-order valence-electron chi connectivity index (χ3n) is 4.38. The van der Waals surface area contributed by atoms with Gasteiger partial charge in [-0.25, -0.2) is 4.68 Å². The highest BCUT2D eigenvalue weighted by molar-refractivity contribution is 6.06. The second kappa shape index (κ2) is 7.51. The van der Waals surface area contributed by atoms with E-state index in [1.807, 2.05) is 38.1 Å². The van der Waals surface area contributed by atoms with E-state index >= 15 is 0 Å². The zero-order valence-corrected chi connectivity index (χ0v) is 14.9. The highest BCUT2D eigenvalue weighted by atomic mass is 16.2. The van der Waals surface area contributed by atoms with Crippen molar-refractivity contribution in [2.24, 2.45) is 0 Å². The molecule has 1 aliphatic heterocycles. The molecule has 0 bridgehead atoms. The predicted octanol–water partition coefficient (Wildman–Crippen LogP) is 1.36. The molecule has 2 amide bonds. The van der Waals surface area contributed by atoms with Crippen molar-refractivity contribution in [2.75, 3.05) is 11.4 Å². The number of nitrogens with zero attached hydrogens (tertiary/aromatic N) is 3. The number of hydrogen-bond acceptors (Lipinski definition) is 4. The largest absolute Gasteiger partial charge is 0.355 e. The van der Waals surface area contributed by atoms with Crippen molar-refractivity contribution in [3.8, 4) is 0 Å².